The standard InChI is InChI=1S/C34H39ClN2O9.Ac/c1-34(2,19-38)18-37-25-13-11-21(35)16-23(25)31(22-7-6-8-26(43-3)32(22)45-5)46-28(33(37)42)17-29(39)36-24-12-9-20(10-14-30(40)41)15-27(24)44-4;/h6-9,11-13,15-16,28,31,38H,10,14,17-19H2,1-5H3,(H,36,39)(H,40,41);/t28-,31-;/m1./s1. The molecular formula is C34H39AcClN2O9. The molecule has 1 aliphatic rings. The van der Waals surface area contributed by atoms with Gasteiger partial charge in [-0.3, -0.25) is 14.4 Å². The molecule has 13 heteroatoms. The summed E-state index contributed by atoms with van der Waals surface area (Å²) < 4.78 is 23.3. The molecule has 4 rings (SSSR count). The summed E-state index contributed by atoms with van der Waals surface area (Å²) in [6.45, 7) is 3.60. The number of fused-ring (bicyclic) bond motifs is 1. The summed E-state index contributed by atoms with van der Waals surface area (Å²) in [7, 11) is 4.46. The van der Waals surface area contributed by atoms with E-state index >= 15 is 0 Å². The summed E-state index contributed by atoms with van der Waals surface area (Å²) in [5.41, 5.74) is 2.04. The van der Waals surface area contributed by atoms with Crippen LogP contribution in [0.5, 0.6) is 17.2 Å². The number of benzene rings is 3. The van der Waals surface area contributed by atoms with Crippen LogP contribution < -0.4 is 24.4 Å². The third-order valence-corrected chi connectivity index (χ3v) is 7.91. The number of amides is 2. The van der Waals surface area contributed by atoms with Gasteiger partial charge in [0.25, 0.3) is 5.91 Å². The normalized spacial score (nSPS) is 16.0. The van der Waals surface area contributed by atoms with Crippen LogP contribution in [-0.4, -0.2) is 68.6 Å². The van der Waals surface area contributed by atoms with Crippen molar-refractivity contribution < 1.29 is 87.6 Å². The van der Waals surface area contributed by atoms with Gasteiger partial charge in [0.2, 0.25) is 5.91 Å². The Morgan fingerprint density at radius 1 is 1.00 bits per heavy atom. The maximum absolute atomic E-state index is 14.3. The number of hydrogen-bond donors (Lipinski definition) is 3. The van der Waals surface area contributed by atoms with E-state index in [1.54, 1.807) is 54.6 Å². The van der Waals surface area contributed by atoms with Crippen molar-refractivity contribution in [3.05, 3.63) is 76.3 Å². The average molecular weight is 882 g/mol. The topological polar surface area (TPSA) is 144 Å². The second-order valence-corrected chi connectivity index (χ2v) is 12.2. The van der Waals surface area contributed by atoms with Crippen molar-refractivity contribution in [3.63, 3.8) is 0 Å². The summed E-state index contributed by atoms with van der Waals surface area (Å²) in [6, 6.07) is 15.4. The van der Waals surface area contributed by atoms with Gasteiger partial charge in [0.05, 0.1) is 33.4 Å². The van der Waals surface area contributed by atoms with Crippen LogP contribution in [0.25, 0.3) is 0 Å². The Labute approximate surface area is 315 Å². The predicted octanol–water partition coefficient (Wildman–Crippen LogP) is 5.25. The average Bonchev–Trinajstić information content (AvgIpc) is 3.13. The molecule has 2 atom stereocenters. The van der Waals surface area contributed by atoms with Crippen LogP contribution in [0.2, 0.25) is 5.02 Å². The SMILES string of the molecule is COc1cc(CCC(=O)O)ccc1NC(=O)C[C@H]1O[C@H](c2cccc(OC)c2OC)c2cc(Cl)ccc2N(CC(C)(C)CO)C1=O.[Ac]. The molecule has 11 nitrogen and oxygen atoms in total. The van der Waals surface area contributed by atoms with Crippen molar-refractivity contribution >= 4 is 40.8 Å². The number of aliphatic hydroxyl groups is 1. The van der Waals surface area contributed by atoms with E-state index in [1.165, 1.54) is 26.2 Å². The first-order valence-electron chi connectivity index (χ1n) is 14.7. The molecule has 0 saturated heterocycles. The molecule has 0 spiro atoms. The van der Waals surface area contributed by atoms with Gasteiger partial charge < -0.3 is 39.4 Å². The van der Waals surface area contributed by atoms with E-state index in [-0.39, 0.29) is 70.1 Å². The molecular weight excluding hydrogens is 843 g/mol. The molecule has 3 N–H and O–H groups in total. The van der Waals surface area contributed by atoms with Gasteiger partial charge in [-0.2, -0.15) is 0 Å². The van der Waals surface area contributed by atoms with Crippen LogP contribution in [0.1, 0.15) is 49.5 Å². The summed E-state index contributed by atoms with van der Waals surface area (Å²) in [6.07, 6.45) is -2.27. The van der Waals surface area contributed by atoms with Crippen molar-refractivity contribution in [1.29, 1.82) is 0 Å². The second-order valence-electron chi connectivity index (χ2n) is 11.7. The number of aryl methyl sites for hydroxylation is 1. The Bertz CT molecular complexity index is 1600. The fourth-order valence-corrected chi connectivity index (χ4v) is 5.50. The van der Waals surface area contributed by atoms with E-state index in [2.05, 4.69) is 5.32 Å². The monoisotopic (exact) mass is 881 g/mol. The molecule has 0 aliphatic carbocycles. The molecule has 249 valence electrons. The number of carboxylic acid groups (broad SMARTS) is 1. The number of rotatable bonds is 13. The van der Waals surface area contributed by atoms with Gasteiger partial charge in [0.15, 0.2) is 11.5 Å². The molecule has 0 aromatic heterocycles. The number of para-hydroxylation sites is 1. The van der Waals surface area contributed by atoms with Crippen molar-refractivity contribution in [2.45, 2.75) is 45.3 Å². The number of hydrogen-bond acceptors (Lipinski definition) is 8. The molecule has 0 saturated carbocycles. The summed E-state index contributed by atoms with van der Waals surface area (Å²) >= 11 is 6.49. The molecule has 0 bridgehead atoms. The first kappa shape index (κ1) is 38.6. The van der Waals surface area contributed by atoms with Crippen LogP contribution in [0.3, 0.4) is 0 Å². The number of nitrogens with one attached hydrogen (secondary N) is 1. The Hall–Kier alpha value is -2.88. The van der Waals surface area contributed by atoms with Crippen LogP contribution in [0.4, 0.5) is 11.4 Å². The number of ether oxygens (including phenoxy) is 4. The van der Waals surface area contributed by atoms with Gasteiger partial charge in [-0.1, -0.05) is 43.6 Å². The third-order valence-electron chi connectivity index (χ3n) is 7.67. The van der Waals surface area contributed by atoms with E-state index in [0.29, 0.717) is 51.2 Å². The van der Waals surface area contributed by atoms with E-state index < -0.39 is 35.4 Å². The first-order chi connectivity index (χ1) is 21.9. The largest absolute Gasteiger partial charge is 0.495 e. The Morgan fingerprint density at radius 3 is 2.36 bits per heavy atom. The molecule has 3 aromatic rings. The number of carbonyl (C=O) groups excluding carboxylic acids is 2. The van der Waals surface area contributed by atoms with E-state index in [9.17, 15) is 19.5 Å². The number of anilines is 2. The van der Waals surface area contributed by atoms with E-state index in [4.69, 9.17) is 35.7 Å². The Kier molecular flexibility index (Phi) is 13.9. The third kappa shape index (κ3) is 9.39. The van der Waals surface area contributed by atoms with Crippen molar-refractivity contribution in [2.75, 3.05) is 44.7 Å². The summed E-state index contributed by atoms with van der Waals surface area (Å²) in [4.78, 5) is 40.4. The number of nitrogens with zero attached hydrogens (tertiary/aromatic N) is 1. The molecule has 0 unspecified atom stereocenters. The Balaban J connectivity index is 0.00000600. The fraction of sp³-hybridized carbons (Fsp3) is 0.382. The summed E-state index contributed by atoms with van der Waals surface area (Å²) in [5, 5.41) is 22.4. The van der Waals surface area contributed by atoms with Gasteiger partial charge in [0.1, 0.15) is 18.0 Å². The molecule has 0 fully saturated rings. The molecule has 3 aromatic carbocycles. The minimum atomic E-state index is -1.26. The summed E-state index contributed by atoms with van der Waals surface area (Å²) in [5.74, 6) is -0.716. The molecule has 1 heterocycles. The number of carbonyl (C=O) groups is 3. The van der Waals surface area contributed by atoms with E-state index in [0.717, 1.165) is 5.56 Å². The molecule has 1 aliphatic heterocycles. The number of methoxy groups -OCH3 is 3. The molecule has 47 heavy (non-hydrogen) atoms. The maximum Gasteiger partial charge on any atom is 0.303 e. The zero-order valence-electron chi connectivity index (χ0n) is 27.0. The van der Waals surface area contributed by atoms with Gasteiger partial charge in [0, 0.05) is 90.9 Å². The van der Waals surface area contributed by atoms with Gasteiger partial charge >= 0.3 is 5.97 Å². The van der Waals surface area contributed by atoms with Crippen molar-refractivity contribution in [2.24, 2.45) is 5.41 Å². The van der Waals surface area contributed by atoms with E-state index in [1.807, 2.05) is 13.8 Å². The van der Waals surface area contributed by atoms with Crippen molar-refractivity contribution in [1.82, 2.24) is 0 Å². The Morgan fingerprint density at radius 2 is 1.72 bits per heavy atom. The predicted molar refractivity (Wildman–Crippen MR) is 173 cm³/mol. The maximum atomic E-state index is 14.3. The second kappa shape index (κ2) is 17.0. The van der Waals surface area contributed by atoms with Crippen LogP contribution in [0.15, 0.2) is 54.6 Å². The zero-order chi connectivity index (χ0) is 33.6. The minimum absolute atomic E-state index is 0. The van der Waals surface area contributed by atoms with Gasteiger partial charge in [-0.05, 0) is 48.4 Å². The van der Waals surface area contributed by atoms with Gasteiger partial charge in [-0.25, -0.2) is 0 Å². The molecule has 1 radical (unpaired) electrons. The van der Waals surface area contributed by atoms with Crippen LogP contribution in [-0.2, 0) is 25.5 Å². The van der Waals surface area contributed by atoms with Crippen molar-refractivity contribution in [3.8, 4) is 17.2 Å². The molecule has 2 amide bonds. The fourth-order valence-electron chi connectivity index (χ4n) is 5.32. The first-order valence-corrected chi connectivity index (χ1v) is 15.1. The minimum Gasteiger partial charge on any atom is -0.495 e. The number of aliphatic carboxylic acids is 1. The quantitative estimate of drug-likeness (QED) is 0.210. The zero-order valence-corrected chi connectivity index (χ0v) is 32.5. The number of carboxylic acids is 1. The number of halogens is 1. The number of aliphatic hydroxyl groups excluding tert-OH is 1. The van der Waals surface area contributed by atoms with Crippen LogP contribution in [0, 0.1) is 49.5 Å². The van der Waals surface area contributed by atoms with Crippen LogP contribution >= 0.6 is 11.6 Å². The smallest absolute Gasteiger partial charge is 0.303 e. The van der Waals surface area contributed by atoms with Gasteiger partial charge in [-0.15, -0.1) is 0 Å².